The third kappa shape index (κ3) is 5.42. The summed E-state index contributed by atoms with van der Waals surface area (Å²) in [6.45, 7) is 5.83. The second-order valence-corrected chi connectivity index (χ2v) is 8.27. The van der Waals surface area contributed by atoms with Crippen LogP contribution in [-0.4, -0.2) is 67.5 Å². The summed E-state index contributed by atoms with van der Waals surface area (Å²) in [4.78, 5) is 21.0. The Morgan fingerprint density at radius 3 is 2.62 bits per heavy atom. The number of guanidine groups is 1. The fraction of sp³-hybridized carbons (Fsp3) is 0.636. The van der Waals surface area contributed by atoms with E-state index in [1.807, 2.05) is 4.90 Å². The highest BCUT2D eigenvalue weighted by atomic mass is 127. The maximum absolute atomic E-state index is 12.5. The molecule has 1 aromatic carbocycles. The minimum absolute atomic E-state index is 0. The first kappa shape index (κ1) is 22.3. The van der Waals surface area contributed by atoms with Crippen molar-refractivity contribution in [2.24, 2.45) is 10.9 Å². The molecule has 1 N–H and O–H groups in total. The topological polar surface area (TPSA) is 57.2 Å². The molecule has 0 bridgehead atoms. The molecule has 0 aromatic heterocycles. The number of piperazine rings is 1. The molecule has 2 aliphatic heterocycles. The van der Waals surface area contributed by atoms with Crippen LogP contribution in [0.5, 0.6) is 0 Å². The molecule has 6 nitrogen and oxygen atoms in total. The van der Waals surface area contributed by atoms with E-state index < -0.39 is 0 Å². The second kappa shape index (κ2) is 10.1. The Kier molecular flexibility index (Phi) is 7.79. The molecule has 2 atom stereocenters. The third-order valence-corrected chi connectivity index (χ3v) is 6.13. The summed E-state index contributed by atoms with van der Waals surface area (Å²) in [6, 6.07) is 9.18. The van der Waals surface area contributed by atoms with Gasteiger partial charge in [0.05, 0.1) is 12.6 Å². The van der Waals surface area contributed by atoms with E-state index in [1.165, 1.54) is 24.0 Å². The van der Waals surface area contributed by atoms with Crippen molar-refractivity contribution in [1.29, 1.82) is 0 Å². The SMILES string of the molecule is CN=C(NCC1CCCOC1c1ccc(C)cc1)N1CCN(C2CC2)C(=O)C1.I. The van der Waals surface area contributed by atoms with Gasteiger partial charge in [-0.1, -0.05) is 29.8 Å². The summed E-state index contributed by atoms with van der Waals surface area (Å²) in [5.41, 5.74) is 2.52. The zero-order valence-electron chi connectivity index (χ0n) is 17.5. The van der Waals surface area contributed by atoms with Gasteiger partial charge in [0.1, 0.15) is 0 Å². The largest absolute Gasteiger partial charge is 0.373 e. The van der Waals surface area contributed by atoms with Gasteiger partial charge in [0, 0.05) is 45.2 Å². The lowest BCUT2D eigenvalue weighted by Gasteiger charge is -2.37. The van der Waals surface area contributed by atoms with Crippen LogP contribution in [-0.2, 0) is 9.53 Å². The van der Waals surface area contributed by atoms with Crippen LogP contribution in [0.4, 0.5) is 0 Å². The van der Waals surface area contributed by atoms with Crippen LogP contribution < -0.4 is 5.32 Å². The standard InChI is InChI=1S/C22H32N4O2.HI/c1-16-5-7-17(8-6-16)21-18(4-3-13-28-21)14-24-22(23-2)25-11-12-26(19-9-10-19)20(27)15-25;/h5-8,18-19,21H,3-4,9-15H2,1-2H3,(H,23,24);1H. The van der Waals surface area contributed by atoms with Gasteiger partial charge in [0.15, 0.2) is 5.96 Å². The number of ether oxygens (including phenoxy) is 1. The zero-order valence-corrected chi connectivity index (χ0v) is 19.8. The first-order valence-corrected chi connectivity index (χ1v) is 10.6. The van der Waals surface area contributed by atoms with Crippen molar-refractivity contribution in [3.63, 3.8) is 0 Å². The molecule has 3 aliphatic rings. The lowest BCUT2D eigenvalue weighted by atomic mass is 9.89. The van der Waals surface area contributed by atoms with Gasteiger partial charge in [0.25, 0.3) is 0 Å². The van der Waals surface area contributed by atoms with Crippen molar-refractivity contribution < 1.29 is 9.53 Å². The van der Waals surface area contributed by atoms with E-state index >= 15 is 0 Å². The van der Waals surface area contributed by atoms with Crippen LogP contribution in [0.25, 0.3) is 0 Å². The average molecular weight is 512 g/mol. The van der Waals surface area contributed by atoms with Gasteiger partial charge in [-0.05, 0) is 38.2 Å². The zero-order chi connectivity index (χ0) is 19.5. The molecule has 3 fully saturated rings. The lowest BCUT2D eigenvalue weighted by molar-refractivity contribution is -0.135. The molecule has 29 heavy (non-hydrogen) atoms. The molecule has 0 spiro atoms. The van der Waals surface area contributed by atoms with E-state index in [1.54, 1.807) is 7.05 Å². The third-order valence-electron chi connectivity index (χ3n) is 6.13. The summed E-state index contributed by atoms with van der Waals surface area (Å²) in [5, 5.41) is 3.53. The molecule has 2 heterocycles. The molecule has 4 rings (SSSR count). The van der Waals surface area contributed by atoms with Crippen molar-refractivity contribution in [1.82, 2.24) is 15.1 Å². The summed E-state index contributed by atoms with van der Waals surface area (Å²) in [6.07, 6.45) is 4.68. The molecule has 1 aromatic rings. The highest BCUT2D eigenvalue weighted by Gasteiger charge is 2.36. The number of nitrogens with one attached hydrogen (secondary N) is 1. The molecule has 2 unspecified atom stereocenters. The van der Waals surface area contributed by atoms with Crippen molar-refractivity contribution in [3.8, 4) is 0 Å². The summed E-state index contributed by atoms with van der Waals surface area (Å²) in [7, 11) is 1.80. The lowest BCUT2D eigenvalue weighted by Crippen LogP contribution is -2.56. The Bertz CT molecular complexity index is 720. The predicted octanol–water partition coefficient (Wildman–Crippen LogP) is 2.96. The molecule has 160 valence electrons. The van der Waals surface area contributed by atoms with Gasteiger partial charge in [0.2, 0.25) is 5.91 Å². The number of rotatable bonds is 4. The average Bonchev–Trinajstić information content (AvgIpc) is 3.55. The summed E-state index contributed by atoms with van der Waals surface area (Å²) < 4.78 is 6.14. The van der Waals surface area contributed by atoms with Gasteiger partial charge in [-0.25, -0.2) is 0 Å². The first-order valence-electron chi connectivity index (χ1n) is 10.6. The fourth-order valence-corrected chi connectivity index (χ4v) is 4.37. The number of aliphatic imine (C=N–C) groups is 1. The van der Waals surface area contributed by atoms with Crippen LogP contribution in [0.1, 0.15) is 42.9 Å². The number of aryl methyl sites for hydroxylation is 1. The van der Waals surface area contributed by atoms with Gasteiger partial charge >= 0.3 is 0 Å². The molecular formula is C22H33IN4O2. The fourth-order valence-electron chi connectivity index (χ4n) is 4.37. The number of hydrogen-bond donors (Lipinski definition) is 1. The molecule has 1 aliphatic carbocycles. The Balaban J connectivity index is 0.00000240. The maximum atomic E-state index is 12.5. The van der Waals surface area contributed by atoms with E-state index in [9.17, 15) is 4.79 Å². The highest BCUT2D eigenvalue weighted by Crippen LogP contribution is 2.33. The van der Waals surface area contributed by atoms with Crippen molar-refractivity contribution in [2.75, 3.05) is 39.8 Å². The highest BCUT2D eigenvalue weighted by molar-refractivity contribution is 14.0. The number of amides is 1. The Morgan fingerprint density at radius 1 is 1.21 bits per heavy atom. The molecule has 1 amide bonds. The number of nitrogens with zero attached hydrogens (tertiary/aromatic N) is 3. The smallest absolute Gasteiger partial charge is 0.242 e. The van der Waals surface area contributed by atoms with Crippen LogP contribution >= 0.6 is 24.0 Å². The van der Waals surface area contributed by atoms with Gasteiger partial charge in [-0.15, -0.1) is 24.0 Å². The van der Waals surface area contributed by atoms with E-state index in [0.29, 0.717) is 18.5 Å². The number of benzene rings is 1. The quantitative estimate of drug-likeness (QED) is 0.383. The minimum Gasteiger partial charge on any atom is -0.373 e. The van der Waals surface area contributed by atoms with Crippen LogP contribution in [0.3, 0.4) is 0 Å². The number of halogens is 1. The molecule has 2 saturated heterocycles. The molecular weight excluding hydrogens is 479 g/mol. The van der Waals surface area contributed by atoms with E-state index in [0.717, 1.165) is 45.0 Å². The minimum atomic E-state index is 0. The van der Waals surface area contributed by atoms with Crippen LogP contribution in [0.2, 0.25) is 0 Å². The van der Waals surface area contributed by atoms with Crippen LogP contribution in [0.15, 0.2) is 29.3 Å². The summed E-state index contributed by atoms with van der Waals surface area (Å²) in [5.74, 6) is 1.46. The van der Waals surface area contributed by atoms with E-state index in [4.69, 9.17) is 4.74 Å². The van der Waals surface area contributed by atoms with Crippen LogP contribution in [0, 0.1) is 12.8 Å². The Hall–Kier alpha value is -1.35. The Morgan fingerprint density at radius 2 is 1.97 bits per heavy atom. The number of hydrogen-bond acceptors (Lipinski definition) is 3. The monoisotopic (exact) mass is 512 g/mol. The predicted molar refractivity (Wildman–Crippen MR) is 126 cm³/mol. The summed E-state index contributed by atoms with van der Waals surface area (Å²) >= 11 is 0. The van der Waals surface area contributed by atoms with Crippen molar-refractivity contribution in [3.05, 3.63) is 35.4 Å². The van der Waals surface area contributed by atoms with E-state index in [-0.39, 0.29) is 36.0 Å². The normalized spacial score (nSPS) is 25.6. The van der Waals surface area contributed by atoms with Crippen molar-refractivity contribution >= 4 is 35.8 Å². The first-order chi connectivity index (χ1) is 13.7. The maximum Gasteiger partial charge on any atom is 0.242 e. The number of carbonyl (C=O) groups excluding carboxylic acids is 1. The van der Waals surface area contributed by atoms with Gasteiger partial charge in [-0.2, -0.15) is 0 Å². The molecule has 0 radical (unpaired) electrons. The van der Waals surface area contributed by atoms with Crippen molar-refractivity contribution in [2.45, 2.75) is 44.8 Å². The second-order valence-electron chi connectivity index (χ2n) is 8.27. The molecule has 1 saturated carbocycles. The Labute approximate surface area is 191 Å². The molecule has 7 heteroatoms. The van der Waals surface area contributed by atoms with Gasteiger partial charge in [-0.3, -0.25) is 9.79 Å². The number of carbonyl (C=O) groups is 1. The van der Waals surface area contributed by atoms with E-state index in [2.05, 4.69) is 46.4 Å². The van der Waals surface area contributed by atoms with Gasteiger partial charge < -0.3 is 19.9 Å².